The van der Waals surface area contributed by atoms with Crippen molar-refractivity contribution in [2.24, 2.45) is 0 Å². The van der Waals surface area contributed by atoms with Gasteiger partial charge in [0.1, 0.15) is 0 Å². The second kappa shape index (κ2) is 3.73. The number of benzene rings is 1. The van der Waals surface area contributed by atoms with Crippen LogP contribution >= 0.6 is 0 Å². The molecule has 0 saturated heterocycles. The summed E-state index contributed by atoms with van der Waals surface area (Å²) < 4.78 is 0. The molecule has 1 nitrogen and oxygen atoms in total. The Morgan fingerprint density at radius 3 is 2.44 bits per heavy atom. The van der Waals surface area contributed by atoms with Crippen molar-refractivity contribution in [2.45, 2.75) is 52.4 Å². The molecule has 0 amide bonds. The lowest BCUT2D eigenvalue weighted by Crippen LogP contribution is -2.13. The zero-order valence-electron chi connectivity index (χ0n) is 10.7. The minimum atomic E-state index is 0.0293. The third kappa shape index (κ3) is 1.59. The maximum absolute atomic E-state index is 12.1. The third-order valence-electron chi connectivity index (χ3n) is 3.68. The Morgan fingerprint density at radius 1 is 1.19 bits per heavy atom. The van der Waals surface area contributed by atoms with E-state index in [9.17, 15) is 4.79 Å². The molecule has 0 N–H and O–H groups in total. The predicted molar refractivity (Wildman–Crippen MR) is 67.2 cm³/mol. The maximum atomic E-state index is 12.1. The summed E-state index contributed by atoms with van der Waals surface area (Å²) in [7, 11) is 0. The van der Waals surface area contributed by atoms with E-state index >= 15 is 0 Å². The van der Waals surface area contributed by atoms with Crippen LogP contribution in [0.4, 0.5) is 0 Å². The minimum absolute atomic E-state index is 0.0293. The van der Waals surface area contributed by atoms with Crippen LogP contribution in [0.2, 0.25) is 0 Å². The molecule has 0 unspecified atom stereocenters. The van der Waals surface area contributed by atoms with Crippen LogP contribution in [0.1, 0.15) is 61.2 Å². The molecule has 0 spiro atoms. The molecule has 1 heteroatoms. The maximum Gasteiger partial charge on any atom is 0.164 e. The van der Waals surface area contributed by atoms with Gasteiger partial charge in [0.15, 0.2) is 5.78 Å². The van der Waals surface area contributed by atoms with E-state index < -0.39 is 0 Å². The van der Waals surface area contributed by atoms with E-state index in [1.165, 1.54) is 16.7 Å². The topological polar surface area (TPSA) is 17.1 Å². The molecule has 0 saturated carbocycles. The molecule has 1 aromatic carbocycles. The number of carbonyl (C=O) groups is 1. The highest BCUT2D eigenvalue weighted by molar-refractivity contribution is 6.03. The van der Waals surface area contributed by atoms with Crippen molar-refractivity contribution in [1.82, 2.24) is 0 Å². The van der Waals surface area contributed by atoms with Crippen LogP contribution in [0.5, 0.6) is 0 Å². The summed E-state index contributed by atoms with van der Waals surface area (Å²) in [5, 5.41) is 0. The van der Waals surface area contributed by atoms with E-state index in [0.717, 1.165) is 18.4 Å². The van der Waals surface area contributed by atoms with Gasteiger partial charge < -0.3 is 0 Å². The quantitative estimate of drug-likeness (QED) is 0.737. The molecule has 0 aliphatic heterocycles. The fourth-order valence-electron chi connectivity index (χ4n) is 2.70. The second-order valence-electron chi connectivity index (χ2n) is 5.37. The molecule has 1 aliphatic carbocycles. The fourth-order valence-corrected chi connectivity index (χ4v) is 2.70. The molecule has 1 aliphatic rings. The number of Topliss-reactive ketones (excluding diaryl/α,β-unsaturated/α-hetero) is 1. The van der Waals surface area contributed by atoms with E-state index in [0.29, 0.717) is 12.2 Å². The molecular weight excluding hydrogens is 196 g/mol. The van der Waals surface area contributed by atoms with Crippen LogP contribution < -0.4 is 0 Å². The molecule has 0 heterocycles. The van der Waals surface area contributed by atoms with Crippen molar-refractivity contribution in [3.05, 3.63) is 34.4 Å². The van der Waals surface area contributed by atoms with Crippen molar-refractivity contribution in [3.63, 3.8) is 0 Å². The molecule has 1 aromatic rings. The largest absolute Gasteiger partial charge is 0.294 e. The summed E-state index contributed by atoms with van der Waals surface area (Å²) in [6, 6.07) is 4.44. The van der Waals surface area contributed by atoms with Gasteiger partial charge in [0, 0.05) is 12.0 Å². The number of aryl methyl sites for hydroxylation is 2. The molecule has 16 heavy (non-hydrogen) atoms. The van der Waals surface area contributed by atoms with Crippen LogP contribution in [-0.4, -0.2) is 5.78 Å². The van der Waals surface area contributed by atoms with Crippen molar-refractivity contribution in [1.29, 1.82) is 0 Å². The first-order chi connectivity index (χ1) is 7.49. The summed E-state index contributed by atoms with van der Waals surface area (Å²) in [5.41, 5.74) is 4.92. The van der Waals surface area contributed by atoms with Gasteiger partial charge in [0.05, 0.1) is 0 Å². The second-order valence-corrected chi connectivity index (χ2v) is 5.37. The monoisotopic (exact) mass is 216 g/mol. The Morgan fingerprint density at radius 2 is 1.88 bits per heavy atom. The molecule has 2 rings (SSSR count). The first kappa shape index (κ1) is 11.4. The van der Waals surface area contributed by atoms with E-state index in [1.54, 1.807) is 0 Å². The summed E-state index contributed by atoms with van der Waals surface area (Å²) in [5.74, 6) is 0.333. The summed E-state index contributed by atoms with van der Waals surface area (Å²) in [4.78, 5) is 12.1. The normalized spacial score (nSPS) is 17.6. The highest BCUT2D eigenvalue weighted by atomic mass is 16.1. The summed E-state index contributed by atoms with van der Waals surface area (Å²) >= 11 is 0. The van der Waals surface area contributed by atoms with Gasteiger partial charge in [-0.3, -0.25) is 4.79 Å². The summed E-state index contributed by atoms with van der Waals surface area (Å²) in [6.45, 7) is 8.66. The standard InChI is InChI=1S/C15H20O/c1-5-10-7-11(6-2)14-12(8-10)15(3,4)9-13(14)16/h7-8H,5-6,9H2,1-4H3. The van der Waals surface area contributed by atoms with Crippen LogP contribution in [0.25, 0.3) is 0 Å². The lowest BCUT2D eigenvalue weighted by Gasteiger charge is -2.19. The van der Waals surface area contributed by atoms with E-state index in [-0.39, 0.29) is 5.41 Å². The van der Waals surface area contributed by atoms with Crippen molar-refractivity contribution < 1.29 is 4.79 Å². The van der Waals surface area contributed by atoms with E-state index in [1.807, 2.05) is 0 Å². The number of carbonyl (C=O) groups excluding carboxylic acids is 1. The minimum Gasteiger partial charge on any atom is -0.294 e. The number of ketones is 1. The molecular formula is C15H20O. The van der Waals surface area contributed by atoms with Gasteiger partial charge in [-0.2, -0.15) is 0 Å². The van der Waals surface area contributed by atoms with Gasteiger partial charge in [-0.15, -0.1) is 0 Å². The van der Waals surface area contributed by atoms with Crippen LogP contribution in [0.15, 0.2) is 12.1 Å². The zero-order chi connectivity index (χ0) is 11.9. The van der Waals surface area contributed by atoms with Crippen LogP contribution in [0, 0.1) is 0 Å². The first-order valence-electron chi connectivity index (χ1n) is 6.19. The van der Waals surface area contributed by atoms with Crippen molar-refractivity contribution >= 4 is 5.78 Å². The van der Waals surface area contributed by atoms with Crippen LogP contribution in [-0.2, 0) is 18.3 Å². The van der Waals surface area contributed by atoms with Gasteiger partial charge in [-0.1, -0.05) is 39.8 Å². The Labute approximate surface area is 97.9 Å². The highest BCUT2D eigenvalue weighted by Crippen LogP contribution is 2.40. The fraction of sp³-hybridized carbons (Fsp3) is 0.533. The highest BCUT2D eigenvalue weighted by Gasteiger charge is 2.37. The third-order valence-corrected chi connectivity index (χ3v) is 3.68. The average molecular weight is 216 g/mol. The first-order valence-corrected chi connectivity index (χ1v) is 6.19. The van der Waals surface area contributed by atoms with Gasteiger partial charge in [0.25, 0.3) is 0 Å². The molecule has 0 fully saturated rings. The lowest BCUT2D eigenvalue weighted by atomic mass is 9.84. The molecule has 0 radical (unpaired) electrons. The molecule has 86 valence electrons. The van der Waals surface area contributed by atoms with E-state index in [4.69, 9.17) is 0 Å². The Hall–Kier alpha value is -1.11. The Bertz CT molecular complexity index is 441. The number of hydrogen-bond donors (Lipinski definition) is 0. The van der Waals surface area contributed by atoms with Crippen molar-refractivity contribution in [2.75, 3.05) is 0 Å². The Kier molecular flexibility index (Phi) is 2.65. The number of rotatable bonds is 2. The summed E-state index contributed by atoms with van der Waals surface area (Å²) in [6.07, 6.45) is 2.67. The number of hydrogen-bond acceptors (Lipinski definition) is 1. The lowest BCUT2D eigenvalue weighted by molar-refractivity contribution is 0.0979. The van der Waals surface area contributed by atoms with Gasteiger partial charge in [-0.25, -0.2) is 0 Å². The van der Waals surface area contributed by atoms with Gasteiger partial charge in [-0.05, 0) is 34.9 Å². The smallest absolute Gasteiger partial charge is 0.164 e. The van der Waals surface area contributed by atoms with Crippen LogP contribution in [0.3, 0.4) is 0 Å². The molecule has 0 aromatic heterocycles. The van der Waals surface area contributed by atoms with Gasteiger partial charge in [0.2, 0.25) is 0 Å². The Balaban J connectivity index is 2.69. The SMILES string of the molecule is CCc1cc(CC)c2c(c1)C(C)(C)CC2=O. The molecule has 0 bridgehead atoms. The van der Waals surface area contributed by atoms with Gasteiger partial charge >= 0.3 is 0 Å². The van der Waals surface area contributed by atoms with E-state index in [2.05, 4.69) is 39.8 Å². The molecule has 0 atom stereocenters. The average Bonchev–Trinajstić information content (AvgIpc) is 2.48. The number of fused-ring (bicyclic) bond motifs is 1. The zero-order valence-corrected chi connectivity index (χ0v) is 10.7. The predicted octanol–water partition coefficient (Wildman–Crippen LogP) is 3.68. The van der Waals surface area contributed by atoms with Crippen molar-refractivity contribution in [3.8, 4) is 0 Å².